The molecule has 3 rings (SSSR count). The van der Waals surface area contributed by atoms with Crippen LogP contribution in [0.15, 0.2) is 52.9 Å². The van der Waals surface area contributed by atoms with Crippen molar-refractivity contribution < 1.29 is 14.1 Å². The van der Waals surface area contributed by atoms with E-state index < -0.39 is 4.92 Å². The van der Waals surface area contributed by atoms with E-state index in [4.69, 9.17) is 9.15 Å². The highest BCUT2D eigenvalue weighted by Gasteiger charge is 2.12. The highest BCUT2D eigenvalue weighted by molar-refractivity contribution is 5.59. The first kappa shape index (κ1) is 16.6. The molecule has 2 aromatic carbocycles. The number of unbranched alkanes of at least 4 members (excludes halogenated alkanes) is 1. The van der Waals surface area contributed by atoms with Gasteiger partial charge in [-0.2, -0.15) is 0 Å². The minimum Gasteiger partial charge on any atom is -0.494 e. The van der Waals surface area contributed by atoms with E-state index in [-0.39, 0.29) is 5.69 Å². The SMILES string of the molecule is CCCCOc1ccc(-c2nnc(-c3ccc([N+](=O)[O-])cc3)o2)cc1. The van der Waals surface area contributed by atoms with Gasteiger partial charge in [0.15, 0.2) is 0 Å². The smallest absolute Gasteiger partial charge is 0.269 e. The number of nitro groups is 1. The fourth-order valence-electron chi connectivity index (χ4n) is 2.21. The quantitative estimate of drug-likeness (QED) is 0.358. The van der Waals surface area contributed by atoms with Crippen molar-refractivity contribution in [3.63, 3.8) is 0 Å². The highest BCUT2D eigenvalue weighted by Crippen LogP contribution is 2.26. The van der Waals surface area contributed by atoms with Crippen molar-refractivity contribution >= 4 is 5.69 Å². The minimum absolute atomic E-state index is 0.0159. The van der Waals surface area contributed by atoms with Gasteiger partial charge in [-0.1, -0.05) is 13.3 Å². The molecule has 0 aliphatic rings. The summed E-state index contributed by atoms with van der Waals surface area (Å²) < 4.78 is 11.3. The molecule has 0 unspecified atom stereocenters. The van der Waals surface area contributed by atoms with Crippen molar-refractivity contribution in [2.75, 3.05) is 6.61 Å². The van der Waals surface area contributed by atoms with Gasteiger partial charge in [-0.15, -0.1) is 10.2 Å². The molecule has 0 saturated carbocycles. The molecule has 0 amide bonds. The lowest BCUT2D eigenvalue weighted by Gasteiger charge is -2.05. The van der Waals surface area contributed by atoms with Crippen molar-refractivity contribution in [3.05, 3.63) is 58.6 Å². The number of nitrogens with zero attached hydrogens (tertiary/aromatic N) is 3. The summed E-state index contributed by atoms with van der Waals surface area (Å²) in [5.74, 6) is 1.49. The second-order valence-electron chi connectivity index (χ2n) is 5.44. The number of ether oxygens (including phenoxy) is 1. The summed E-state index contributed by atoms with van der Waals surface area (Å²) in [6.45, 7) is 2.81. The highest BCUT2D eigenvalue weighted by atomic mass is 16.6. The van der Waals surface area contributed by atoms with E-state index in [0.717, 1.165) is 24.2 Å². The van der Waals surface area contributed by atoms with E-state index in [2.05, 4.69) is 17.1 Å². The van der Waals surface area contributed by atoms with Crippen LogP contribution in [0.5, 0.6) is 5.75 Å². The predicted octanol–water partition coefficient (Wildman–Crippen LogP) is 4.49. The lowest BCUT2D eigenvalue weighted by molar-refractivity contribution is -0.384. The van der Waals surface area contributed by atoms with E-state index in [1.807, 2.05) is 24.3 Å². The molecule has 0 bridgehead atoms. The summed E-state index contributed by atoms with van der Waals surface area (Å²) in [5.41, 5.74) is 1.43. The van der Waals surface area contributed by atoms with Crippen LogP contribution >= 0.6 is 0 Å². The fraction of sp³-hybridized carbons (Fsp3) is 0.222. The molecule has 1 heterocycles. The van der Waals surface area contributed by atoms with Crippen LogP contribution in [0.25, 0.3) is 22.9 Å². The van der Waals surface area contributed by atoms with Crippen molar-refractivity contribution in [2.24, 2.45) is 0 Å². The third-order valence-corrected chi connectivity index (χ3v) is 3.62. The van der Waals surface area contributed by atoms with E-state index >= 15 is 0 Å². The second-order valence-corrected chi connectivity index (χ2v) is 5.44. The van der Waals surface area contributed by atoms with Crippen LogP contribution < -0.4 is 4.74 Å². The zero-order chi connectivity index (χ0) is 17.6. The number of hydrogen-bond donors (Lipinski definition) is 0. The maximum atomic E-state index is 10.7. The molecule has 0 spiro atoms. The molecule has 3 aromatic rings. The van der Waals surface area contributed by atoms with Crippen molar-refractivity contribution in [2.45, 2.75) is 19.8 Å². The molecule has 25 heavy (non-hydrogen) atoms. The van der Waals surface area contributed by atoms with E-state index in [1.54, 1.807) is 12.1 Å². The molecule has 0 atom stereocenters. The molecule has 128 valence electrons. The normalized spacial score (nSPS) is 10.6. The zero-order valence-electron chi connectivity index (χ0n) is 13.7. The first-order valence-corrected chi connectivity index (χ1v) is 7.99. The van der Waals surface area contributed by atoms with Crippen LogP contribution in [0, 0.1) is 10.1 Å². The van der Waals surface area contributed by atoms with Crippen LogP contribution in [0.1, 0.15) is 19.8 Å². The zero-order valence-corrected chi connectivity index (χ0v) is 13.7. The van der Waals surface area contributed by atoms with E-state index in [1.165, 1.54) is 12.1 Å². The summed E-state index contributed by atoms with van der Waals surface area (Å²) in [5, 5.41) is 18.7. The van der Waals surface area contributed by atoms with Crippen molar-refractivity contribution in [1.29, 1.82) is 0 Å². The third-order valence-electron chi connectivity index (χ3n) is 3.62. The number of benzene rings is 2. The Morgan fingerprint density at radius 3 is 2.08 bits per heavy atom. The second kappa shape index (κ2) is 7.57. The van der Waals surface area contributed by atoms with Crippen LogP contribution in [0.2, 0.25) is 0 Å². The van der Waals surface area contributed by atoms with E-state index in [0.29, 0.717) is 24.0 Å². The first-order chi connectivity index (χ1) is 12.2. The molecular formula is C18H17N3O4. The van der Waals surface area contributed by atoms with Crippen molar-refractivity contribution in [3.8, 4) is 28.7 Å². The Labute approximate surface area is 144 Å². The minimum atomic E-state index is -0.451. The Morgan fingerprint density at radius 1 is 1.00 bits per heavy atom. The molecule has 0 saturated heterocycles. The van der Waals surface area contributed by atoms with Gasteiger partial charge >= 0.3 is 0 Å². The Kier molecular flexibility index (Phi) is 5.03. The Morgan fingerprint density at radius 2 is 1.56 bits per heavy atom. The molecule has 0 aliphatic carbocycles. The van der Waals surface area contributed by atoms with Crippen molar-refractivity contribution in [1.82, 2.24) is 10.2 Å². The maximum absolute atomic E-state index is 10.7. The third kappa shape index (κ3) is 4.00. The molecule has 7 nitrogen and oxygen atoms in total. The van der Waals surface area contributed by atoms with Gasteiger partial charge in [0.25, 0.3) is 5.69 Å². The molecule has 0 N–H and O–H groups in total. The Hall–Kier alpha value is -3.22. The molecule has 0 fully saturated rings. The topological polar surface area (TPSA) is 91.3 Å². The van der Waals surface area contributed by atoms with Crippen LogP contribution in [-0.4, -0.2) is 21.7 Å². The van der Waals surface area contributed by atoms with Crippen LogP contribution in [-0.2, 0) is 0 Å². The first-order valence-electron chi connectivity index (χ1n) is 7.99. The van der Waals surface area contributed by atoms with Crippen LogP contribution in [0.4, 0.5) is 5.69 Å². The van der Waals surface area contributed by atoms with Gasteiger partial charge in [0, 0.05) is 23.3 Å². The largest absolute Gasteiger partial charge is 0.494 e. The summed E-state index contributed by atoms with van der Waals surface area (Å²) in [6.07, 6.45) is 2.11. The summed E-state index contributed by atoms with van der Waals surface area (Å²) in [6, 6.07) is 13.4. The van der Waals surface area contributed by atoms with E-state index in [9.17, 15) is 10.1 Å². The number of non-ortho nitro benzene ring substituents is 1. The molecule has 7 heteroatoms. The number of nitro benzene ring substituents is 1. The van der Waals surface area contributed by atoms with Gasteiger partial charge < -0.3 is 9.15 Å². The standard InChI is InChI=1S/C18H17N3O4/c1-2-3-12-24-16-10-6-14(7-11-16)18-20-19-17(25-18)13-4-8-15(9-5-13)21(22)23/h4-11H,2-3,12H2,1H3. The van der Waals surface area contributed by atoms with Gasteiger partial charge in [-0.05, 0) is 42.8 Å². The molecule has 0 radical (unpaired) electrons. The summed E-state index contributed by atoms with van der Waals surface area (Å²) in [7, 11) is 0. The lowest BCUT2D eigenvalue weighted by atomic mass is 10.2. The molecule has 1 aromatic heterocycles. The average molecular weight is 339 g/mol. The maximum Gasteiger partial charge on any atom is 0.269 e. The Balaban J connectivity index is 1.73. The van der Waals surface area contributed by atoms with Crippen LogP contribution in [0.3, 0.4) is 0 Å². The summed E-state index contributed by atoms with van der Waals surface area (Å²) in [4.78, 5) is 10.2. The number of rotatable bonds is 7. The monoisotopic (exact) mass is 339 g/mol. The molecule has 0 aliphatic heterocycles. The fourth-order valence-corrected chi connectivity index (χ4v) is 2.21. The van der Waals surface area contributed by atoms with Gasteiger partial charge in [0.05, 0.1) is 11.5 Å². The lowest BCUT2D eigenvalue weighted by Crippen LogP contribution is -1.95. The number of aromatic nitrogens is 2. The summed E-state index contributed by atoms with van der Waals surface area (Å²) >= 11 is 0. The van der Waals surface area contributed by atoms with Gasteiger partial charge in [-0.3, -0.25) is 10.1 Å². The van der Waals surface area contributed by atoms with Gasteiger partial charge in [-0.25, -0.2) is 0 Å². The molecular weight excluding hydrogens is 322 g/mol. The van der Waals surface area contributed by atoms with Gasteiger partial charge in [0.1, 0.15) is 5.75 Å². The average Bonchev–Trinajstić information content (AvgIpc) is 3.13. The van der Waals surface area contributed by atoms with Gasteiger partial charge in [0.2, 0.25) is 11.8 Å². The predicted molar refractivity (Wildman–Crippen MR) is 92.2 cm³/mol. The Bertz CT molecular complexity index is 842. The number of hydrogen-bond acceptors (Lipinski definition) is 6.